The number of benzene rings is 1. The standard InChI is InChI=1S/C20H20N4O2/c1-12-10-22-20(24-18(12)14-9-17(19(25)26)21-11-14)23-16-8-4-6-13-5-2-3-7-15(13)16/h4,6,8-11,21H,2-3,5,7H2,1H3,(H,25,26)(H,22,23,24). The number of hydrogen-bond donors (Lipinski definition) is 3. The van der Waals surface area contributed by atoms with Crippen molar-refractivity contribution in [2.24, 2.45) is 0 Å². The number of carboxylic acid groups (broad SMARTS) is 1. The summed E-state index contributed by atoms with van der Waals surface area (Å²) in [5, 5.41) is 12.5. The first kappa shape index (κ1) is 16.3. The van der Waals surface area contributed by atoms with Crippen LogP contribution in [0.3, 0.4) is 0 Å². The molecular weight excluding hydrogens is 328 g/mol. The third kappa shape index (κ3) is 3.06. The van der Waals surface area contributed by atoms with Crippen LogP contribution in [0.1, 0.15) is 40.0 Å². The number of aromatic nitrogens is 3. The lowest BCUT2D eigenvalue weighted by molar-refractivity contribution is 0.0691. The predicted molar refractivity (Wildman–Crippen MR) is 99.9 cm³/mol. The van der Waals surface area contributed by atoms with Gasteiger partial charge in [0.15, 0.2) is 0 Å². The molecule has 4 rings (SSSR count). The van der Waals surface area contributed by atoms with E-state index >= 15 is 0 Å². The fourth-order valence-corrected chi connectivity index (χ4v) is 3.47. The van der Waals surface area contributed by atoms with Crippen molar-refractivity contribution in [1.82, 2.24) is 15.0 Å². The third-order valence-corrected chi connectivity index (χ3v) is 4.80. The number of hydrogen-bond acceptors (Lipinski definition) is 4. The Hall–Kier alpha value is -3.15. The van der Waals surface area contributed by atoms with E-state index in [1.165, 1.54) is 24.0 Å². The van der Waals surface area contributed by atoms with Gasteiger partial charge < -0.3 is 15.4 Å². The van der Waals surface area contributed by atoms with Gasteiger partial charge in [-0.3, -0.25) is 0 Å². The molecular formula is C20H20N4O2. The molecule has 0 fully saturated rings. The van der Waals surface area contributed by atoms with Gasteiger partial charge in [0.25, 0.3) is 0 Å². The summed E-state index contributed by atoms with van der Waals surface area (Å²) < 4.78 is 0. The molecule has 0 unspecified atom stereocenters. The number of nitrogens with zero attached hydrogens (tertiary/aromatic N) is 2. The Kier molecular flexibility index (Phi) is 4.16. The van der Waals surface area contributed by atoms with Crippen LogP contribution in [-0.4, -0.2) is 26.0 Å². The van der Waals surface area contributed by atoms with Crippen molar-refractivity contribution in [3.63, 3.8) is 0 Å². The minimum absolute atomic E-state index is 0.143. The number of rotatable bonds is 4. The van der Waals surface area contributed by atoms with Gasteiger partial charge in [-0.15, -0.1) is 0 Å². The molecule has 0 atom stereocenters. The lowest BCUT2D eigenvalue weighted by Gasteiger charge is -2.19. The van der Waals surface area contributed by atoms with E-state index in [9.17, 15) is 4.79 Å². The van der Waals surface area contributed by atoms with Crippen molar-refractivity contribution in [3.05, 3.63) is 59.0 Å². The van der Waals surface area contributed by atoms with E-state index in [0.717, 1.165) is 35.3 Å². The van der Waals surface area contributed by atoms with Gasteiger partial charge in [-0.05, 0) is 61.4 Å². The van der Waals surface area contributed by atoms with Gasteiger partial charge in [0.05, 0.1) is 5.69 Å². The molecule has 1 aliphatic carbocycles. The Labute approximate surface area is 151 Å². The molecule has 6 nitrogen and oxygen atoms in total. The zero-order valence-corrected chi connectivity index (χ0v) is 14.5. The molecule has 0 spiro atoms. The molecule has 0 bridgehead atoms. The second-order valence-electron chi connectivity index (χ2n) is 6.61. The highest BCUT2D eigenvalue weighted by Crippen LogP contribution is 2.30. The SMILES string of the molecule is Cc1cnc(Nc2cccc3c2CCCC3)nc1-c1c[nH]c(C(=O)O)c1. The lowest BCUT2D eigenvalue weighted by Crippen LogP contribution is -2.07. The van der Waals surface area contributed by atoms with E-state index in [1.807, 2.05) is 6.92 Å². The van der Waals surface area contributed by atoms with E-state index in [-0.39, 0.29) is 5.69 Å². The maximum atomic E-state index is 11.1. The smallest absolute Gasteiger partial charge is 0.352 e. The van der Waals surface area contributed by atoms with Crippen LogP contribution in [0.5, 0.6) is 0 Å². The number of aromatic carboxylic acids is 1. The first-order chi connectivity index (χ1) is 12.6. The van der Waals surface area contributed by atoms with Crippen molar-refractivity contribution in [2.45, 2.75) is 32.6 Å². The van der Waals surface area contributed by atoms with E-state index in [1.54, 1.807) is 18.5 Å². The van der Waals surface area contributed by atoms with Crippen LogP contribution >= 0.6 is 0 Å². The summed E-state index contributed by atoms with van der Waals surface area (Å²) in [5.41, 5.74) is 6.28. The summed E-state index contributed by atoms with van der Waals surface area (Å²) in [6, 6.07) is 7.90. The summed E-state index contributed by atoms with van der Waals surface area (Å²) in [4.78, 5) is 22.9. The predicted octanol–water partition coefficient (Wildman–Crippen LogP) is 4.10. The van der Waals surface area contributed by atoms with Gasteiger partial charge in [0.2, 0.25) is 5.95 Å². The fraction of sp³-hybridized carbons (Fsp3) is 0.250. The topological polar surface area (TPSA) is 90.9 Å². The quantitative estimate of drug-likeness (QED) is 0.660. The molecule has 0 saturated heterocycles. The molecule has 132 valence electrons. The number of fused-ring (bicyclic) bond motifs is 1. The van der Waals surface area contributed by atoms with Crippen molar-refractivity contribution >= 4 is 17.6 Å². The third-order valence-electron chi connectivity index (χ3n) is 4.80. The van der Waals surface area contributed by atoms with Gasteiger partial charge >= 0.3 is 5.97 Å². The number of H-pyrrole nitrogens is 1. The maximum absolute atomic E-state index is 11.1. The Balaban J connectivity index is 1.67. The highest BCUT2D eigenvalue weighted by Gasteiger charge is 2.15. The van der Waals surface area contributed by atoms with E-state index in [2.05, 4.69) is 38.5 Å². The van der Waals surface area contributed by atoms with Gasteiger partial charge in [-0.1, -0.05) is 12.1 Å². The highest BCUT2D eigenvalue weighted by molar-refractivity contribution is 5.87. The average molecular weight is 348 g/mol. The number of carbonyl (C=O) groups is 1. The van der Waals surface area contributed by atoms with Crippen LogP contribution in [-0.2, 0) is 12.8 Å². The second kappa shape index (κ2) is 6.63. The van der Waals surface area contributed by atoms with Crippen LogP contribution in [0.15, 0.2) is 36.7 Å². The first-order valence-corrected chi connectivity index (χ1v) is 8.75. The molecule has 0 saturated carbocycles. The lowest BCUT2D eigenvalue weighted by atomic mass is 9.90. The van der Waals surface area contributed by atoms with Gasteiger partial charge in [-0.25, -0.2) is 14.8 Å². The number of aryl methyl sites for hydroxylation is 2. The van der Waals surface area contributed by atoms with Crippen molar-refractivity contribution in [1.29, 1.82) is 0 Å². The molecule has 26 heavy (non-hydrogen) atoms. The minimum atomic E-state index is -0.989. The Morgan fingerprint density at radius 1 is 1.27 bits per heavy atom. The summed E-state index contributed by atoms with van der Waals surface area (Å²) in [7, 11) is 0. The van der Waals surface area contributed by atoms with Gasteiger partial charge in [-0.2, -0.15) is 0 Å². The molecule has 0 radical (unpaired) electrons. The van der Waals surface area contributed by atoms with E-state index in [0.29, 0.717) is 5.95 Å². The first-order valence-electron chi connectivity index (χ1n) is 8.75. The molecule has 3 aromatic rings. The molecule has 2 heterocycles. The van der Waals surface area contributed by atoms with Crippen molar-refractivity contribution < 1.29 is 9.90 Å². The maximum Gasteiger partial charge on any atom is 0.352 e. The Morgan fingerprint density at radius 3 is 2.92 bits per heavy atom. The summed E-state index contributed by atoms with van der Waals surface area (Å²) in [5.74, 6) is -0.472. The molecule has 1 aliphatic rings. The van der Waals surface area contributed by atoms with Crippen LogP contribution < -0.4 is 5.32 Å². The highest BCUT2D eigenvalue weighted by atomic mass is 16.4. The molecule has 2 aromatic heterocycles. The van der Waals surface area contributed by atoms with Crippen LogP contribution in [0.25, 0.3) is 11.3 Å². The van der Waals surface area contributed by atoms with Gasteiger partial charge in [0, 0.05) is 23.6 Å². The number of carboxylic acids is 1. The zero-order chi connectivity index (χ0) is 18.1. The number of nitrogens with one attached hydrogen (secondary N) is 2. The number of aromatic amines is 1. The molecule has 0 amide bonds. The Bertz CT molecular complexity index is 978. The van der Waals surface area contributed by atoms with Crippen LogP contribution in [0.4, 0.5) is 11.6 Å². The number of anilines is 2. The monoisotopic (exact) mass is 348 g/mol. The van der Waals surface area contributed by atoms with Gasteiger partial charge in [0.1, 0.15) is 5.69 Å². The van der Waals surface area contributed by atoms with E-state index < -0.39 is 5.97 Å². The second-order valence-corrected chi connectivity index (χ2v) is 6.61. The van der Waals surface area contributed by atoms with Crippen molar-refractivity contribution in [3.8, 4) is 11.3 Å². The van der Waals surface area contributed by atoms with Crippen LogP contribution in [0.2, 0.25) is 0 Å². The average Bonchev–Trinajstić information content (AvgIpc) is 3.14. The molecule has 1 aromatic carbocycles. The van der Waals surface area contributed by atoms with Crippen molar-refractivity contribution in [2.75, 3.05) is 5.32 Å². The molecule has 3 N–H and O–H groups in total. The fourth-order valence-electron chi connectivity index (χ4n) is 3.47. The summed E-state index contributed by atoms with van der Waals surface area (Å²) >= 11 is 0. The van der Waals surface area contributed by atoms with E-state index in [4.69, 9.17) is 5.11 Å². The molecule has 6 heteroatoms. The normalized spacial score (nSPS) is 13.3. The van der Waals surface area contributed by atoms with Crippen LogP contribution in [0, 0.1) is 6.92 Å². The summed E-state index contributed by atoms with van der Waals surface area (Å²) in [6.07, 6.45) is 8.04. The largest absolute Gasteiger partial charge is 0.477 e. The molecule has 0 aliphatic heterocycles. The minimum Gasteiger partial charge on any atom is -0.477 e. The Morgan fingerprint density at radius 2 is 2.12 bits per heavy atom. The summed E-state index contributed by atoms with van der Waals surface area (Å²) in [6.45, 7) is 1.91. The zero-order valence-electron chi connectivity index (χ0n) is 14.5.